The molecule has 1 aromatic carbocycles. The third-order valence-corrected chi connectivity index (χ3v) is 4.57. The molecule has 1 aromatic heterocycles. The van der Waals surface area contributed by atoms with Gasteiger partial charge >= 0.3 is 5.97 Å². The maximum Gasteiger partial charge on any atom is 0.303 e. The van der Waals surface area contributed by atoms with Crippen molar-refractivity contribution in [1.29, 1.82) is 0 Å². The van der Waals surface area contributed by atoms with Crippen LogP contribution in [0.15, 0.2) is 29.2 Å². The minimum absolute atomic E-state index is 0.0254. The zero-order valence-electron chi connectivity index (χ0n) is 13.3. The molecule has 1 aliphatic carbocycles. The number of pyridine rings is 1. The predicted octanol–water partition coefficient (Wildman–Crippen LogP) is 3.21. The summed E-state index contributed by atoms with van der Waals surface area (Å²) in [6.45, 7) is 1.77. The molecule has 0 aliphatic heterocycles. The van der Waals surface area contributed by atoms with Gasteiger partial charge in [-0.25, -0.2) is 0 Å². The molecule has 24 heavy (non-hydrogen) atoms. The van der Waals surface area contributed by atoms with E-state index in [1.807, 2.05) is 0 Å². The molecule has 1 atom stereocenters. The summed E-state index contributed by atoms with van der Waals surface area (Å²) in [5.41, 5.74) is 0.400. The third kappa shape index (κ3) is 2.89. The van der Waals surface area contributed by atoms with Gasteiger partial charge in [-0.1, -0.05) is 6.07 Å². The highest BCUT2D eigenvalue weighted by atomic mass is 16.6. The van der Waals surface area contributed by atoms with E-state index in [1.165, 1.54) is 10.8 Å². The standard InChI is InChI=1S/C17H18N2O5/c1-10(2-7-15(20)21)18-9-8-13-14(17(18)22)6-5-12(11-3-4-11)16(13)19(23)24/h5-6,8-11H,2-4,7H2,1H3,(H,20,21)/t10-/m1/s1. The molecule has 0 amide bonds. The summed E-state index contributed by atoms with van der Waals surface area (Å²) in [7, 11) is 0. The van der Waals surface area contributed by atoms with Crippen molar-refractivity contribution in [2.24, 2.45) is 0 Å². The average molecular weight is 330 g/mol. The number of benzene rings is 1. The van der Waals surface area contributed by atoms with Crippen LogP contribution in [0, 0.1) is 10.1 Å². The maximum atomic E-state index is 12.7. The SMILES string of the molecule is C[C@H](CCC(=O)O)n1ccc2c([N+](=O)[O-])c(C3CC3)ccc2c1=O. The first-order chi connectivity index (χ1) is 11.4. The fraction of sp³-hybridized carbons (Fsp3) is 0.412. The zero-order chi connectivity index (χ0) is 17.4. The van der Waals surface area contributed by atoms with Crippen molar-refractivity contribution >= 4 is 22.4 Å². The number of hydrogen-bond acceptors (Lipinski definition) is 4. The molecule has 0 unspecified atom stereocenters. The van der Waals surface area contributed by atoms with E-state index in [2.05, 4.69) is 0 Å². The summed E-state index contributed by atoms with van der Waals surface area (Å²) < 4.78 is 1.45. The number of carboxylic acid groups (broad SMARTS) is 1. The normalized spacial score (nSPS) is 15.4. The number of carboxylic acids is 1. The van der Waals surface area contributed by atoms with Crippen LogP contribution in [-0.2, 0) is 4.79 Å². The largest absolute Gasteiger partial charge is 0.481 e. The molecule has 0 bridgehead atoms. The summed E-state index contributed by atoms with van der Waals surface area (Å²) in [5.74, 6) is -0.702. The van der Waals surface area contributed by atoms with E-state index in [0.717, 1.165) is 12.8 Å². The number of carbonyl (C=O) groups is 1. The number of hydrogen-bond donors (Lipinski definition) is 1. The molecule has 1 N–H and O–H groups in total. The first-order valence-corrected chi connectivity index (χ1v) is 7.94. The molecular weight excluding hydrogens is 312 g/mol. The lowest BCUT2D eigenvalue weighted by molar-refractivity contribution is -0.383. The lowest BCUT2D eigenvalue weighted by atomic mass is 10.0. The monoisotopic (exact) mass is 330 g/mol. The van der Waals surface area contributed by atoms with Crippen LogP contribution in [0.5, 0.6) is 0 Å². The van der Waals surface area contributed by atoms with Gasteiger partial charge in [0.1, 0.15) is 0 Å². The highest BCUT2D eigenvalue weighted by Crippen LogP contribution is 2.45. The zero-order valence-corrected chi connectivity index (χ0v) is 13.3. The van der Waals surface area contributed by atoms with Gasteiger partial charge in [-0.2, -0.15) is 0 Å². The van der Waals surface area contributed by atoms with Crippen LogP contribution < -0.4 is 5.56 Å². The van der Waals surface area contributed by atoms with E-state index >= 15 is 0 Å². The summed E-state index contributed by atoms with van der Waals surface area (Å²) >= 11 is 0. The van der Waals surface area contributed by atoms with Gasteiger partial charge in [0, 0.05) is 24.2 Å². The van der Waals surface area contributed by atoms with Gasteiger partial charge in [0.25, 0.3) is 11.2 Å². The Morgan fingerprint density at radius 3 is 2.67 bits per heavy atom. The fourth-order valence-electron chi connectivity index (χ4n) is 3.09. The van der Waals surface area contributed by atoms with Gasteiger partial charge in [-0.05, 0) is 44.2 Å². The first kappa shape index (κ1) is 16.2. The maximum absolute atomic E-state index is 12.7. The van der Waals surface area contributed by atoms with Crippen molar-refractivity contribution < 1.29 is 14.8 Å². The Balaban J connectivity index is 2.10. The lowest BCUT2D eigenvalue weighted by Crippen LogP contribution is -2.23. The van der Waals surface area contributed by atoms with E-state index in [0.29, 0.717) is 22.8 Å². The van der Waals surface area contributed by atoms with E-state index in [9.17, 15) is 19.7 Å². The van der Waals surface area contributed by atoms with Gasteiger partial charge in [-0.3, -0.25) is 19.7 Å². The van der Waals surface area contributed by atoms with Crippen LogP contribution >= 0.6 is 0 Å². The van der Waals surface area contributed by atoms with E-state index in [-0.39, 0.29) is 29.6 Å². The van der Waals surface area contributed by atoms with Crippen molar-refractivity contribution in [1.82, 2.24) is 4.57 Å². The molecule has 0 saturated heterocycles. The molecule has 126 valence electrons. The third-order valence-electron chi connectivity index (χ3n) is 4.57. The second-order valence-corrected chi connectivity index (χ2v) is 6.31. The van der Waals surface area contributed by atoms with Crippen LogP contribution in [0.3, 0.4) is 0 Å². The van der Waals surface area contributed by atoms with Crippen molar-refractivity contribution in [2.45, 2.75) is 44.6 Å². The Labute approximate surface area is 137 Å². The van der Waals surface area contributed by atoms with Gasteiger partial charge < -0.3 is 9.67 Å². The minimum atomic E-state index is -0.916. The fourth-order valence-corrected chi connectivity index (χ4v) is 3.09. The highest BCUT2D eigenvalue weighted by Gasteiger charge is 2.32. The van der Waals surface area contributed by atoms with Crippen molar-refractivity contribution in [3.8, 4) is 0 Å². The molecule has 1 heterocycles. The first-order valence-electron chi connectivity index (χ1n) is 7.94. The van der Waals surface area contributed by atoms with E-state index < -0.39 is 10.9 Å². The predicted molar refractivity (Wildman–Crippen MR) is 88.4 cm³/mol. The molecule has 1 aliphatic rings. The van der Waals surface area contributed by atoms with Crippen LogP contribution in [0.25, 0.3) is 10.8 Å². The smallest absolute Gasteiger partial charge is 0.303 e. The second-order valence-electron chi connectivity index (χ2n) is 6.31. The van der Waals surface area contributed by atoms with E-state index in [1.54, 1.807) is 25.1 Å². The number of aliphatic carboxylic acids is 1. The summed E-state index contributed by atoms with van der Waals surface area (Å²) in [4.78, 5) is 34.5. The molecule has 7 nitrogen and oxygen atoms in total. The molecule has 1 saturated carbocycles. The molecule has 7 heteroatoms. The average Bonchev–Trinajstić information content (AvgIpc) is 3.36. The Hall–Kier alpha value is -2.70. The summed E-state index contributed by atoms with van der Waals surface area (Å²) in [6, 6.07) is 4.64. The Bertz CT molecular complexity index is 882. The number of rotatable bonds is 6. The number of fused-ring (bicyclic) bond motifs is 1. The van der Waals surface area contributed by atoms with Gasteiger partial charge in [0.15, 0.2) is 0 Å². The van der Waals surface area contributed by atoms with Crippen LogP contribution in [0.4, 0.5) is 5.69 Å². The van der Waals surface area contributed by atoms with Crippen LogP contribution in [-0.4, -0.2) is 20.6 Å². The number of nitrogens with zero attached hydrogens (tertiary/aromatic N) is 2. The van der Waals surface area contributed by atoms with Gasteiger partial charge in [0.05, 0.1) is 15.7 Å². The Morgan fingerprint density at radius 1 is 1.38 bits per heavy atom. The van der Waals surface area contributed by atoms with Crippen molar-refractivity contribution in [3.05, 3.63) is 50.4 Å². The quantitative estimate of drug-likeness (QED) is 0.647. The van der Waals surface area contributed by atoms with Crippen molar-refractivity contribution in [3.63, 3.8) is 0 Å². The molecule has 0 spiro atoms. The lowest BCUT2D eigenvalue weighted by Gasteiger charge is -2.15. The van der Waals surface area contributed by atoms with Gasteiger partial charge in [0.2, 0.25) is 0 Å². The minimum Gasteiger partial charge on any atom is -0.481 e. The Morgan fingerprint density at radius 2 is 2.08 bits per heavy atom. The molecule has 2 aromatic rings. The summed E-state index contributed by atoms with van der Waals surface area (Å²) in [5, 5.41) is 20.9. The molecule has 3 rings (SSSR count). The Kier molecular flexibility index (Phi) is 4.09. The van der Waals surface area contributed by atoms with Crippen LogP contribution in [0.1, 0.15) is 50.1 Å². The molecular formula is C17H18N2O5. The highest BCUT2D eigenvalue weighted by molar-refractivity contribution is 5.92. The summed E-state index contributed by atoms with van der Waals surface area (Å²) in [6.07, 6.45) is 3.70. The van der Waals surface area contributed by atoms with Crippen molar-refractivity contribution in [2.75, 3.05) is 0 Å². The van der Waals surface area contributed by atoms with Gasteiger partial charge in [-0.15, -0.1) is 0 Å². The van der Waals surface area contributed by atoms with Crippen LogP contribution in [0.2, 0.25) is 0 Å². The molecule has 1 fully saturated rings. The number of nitro groups is 1. The van der Waals surface area contributed by atoms with E-state index in [4.69, 9.17) is 5.11 Å². The number of nitro benzene ring substituents is 1. The second kappa shape index (κ2) is 6.07. The molecule has 0 radical (unpaired) electrons. The number of aromatic nitrogens is 1. The topological polar surface area (TPSA) is 102 Å².